The molecule has 0 radical (unpaired) electrons. The van der Waals surface area contributed by atoms with E-state index in [2.05, 4.69) is 21.2 Å². The lowest BCUT2D eigenvalue weighted by Gasteiger charge is -2.31. The Labute approximate surface area is 227 Å². The molecule has 1 saturated heterocycles. The molecule has 9 nitrogen and oxygen atoms in total. The maximum absolute atomic E-state index is 13.5. The summed E-state index contributed by atoms with van der Waals surface area (Å²) in [5, 5.41) is 10.1. The molecular formula is C28H25F3N6O3. The van der Waals surface area contributed by atoms with Gasteiger partial charge in [0.25, 0.3) is 5.91 Å². The summed E-state index contributed by atoms with van der Waals surface area (Å²) in [5.41, 5.74) is 5.58. The minimum atomic E-state index is -4.50. The normalized spacial score (nSPS) is 20.9. The summed E-state index contributed by atoms with van der Waals surface area (Å²) in [6.45, 7) is 1.64. The summed E-state index contributed by atoms with van der Waals surface area (Å²) >= 11 is 0. The van der Waals surface area contributed by atoms with Crippen molar-refractivity contribution in [3.63, 3.8) is 0 Å². The first kappa shape index (κ1) is 25.8. The van der Waals surface area contributed by atoms with Crippen molar-refractivity contribution in [1.82, 2.24) is 10.7 Å². The van der Waals surface area contributed by atoms with Crippen molar-refractivity contribution in [3.05, 3.63) is 95.1 Å². The number of aliphatic imine (C=N–C) groups is 1. The van der Waals surface area contributed by atoms with Gasteiger partial charge in [0, 0.05) is 24.2 Å². The van der Waals surface area contributed by atoms with Crippen LogP contribution in [0.25, 0.3) is 0 Å². The van der Waals surface area contributed by atoms with Crippen LogP contribution in [0.1, 0.15) is 22.3 Å². The highest BCUT2D eigenvalue weighted by molar-refractivity contribution is 6.19. The minimum absolute atomic E-state index is 0.0947. The van der Waals surface area contributed by atoms with Crippen LogP contribution in [0.15, 0.2) is 82.9 Å². The van der Waals surface area contributed by atoms with Gasteiger partial charge in [0.15, 0.2) is 6.17 Å². The molecule has 1 amide bonds. The second-order valence-electron chi connectivity index (χ2n) is 9.32. The molecule has 206 valence electrons. The average molecular weight is 551 g/mol. The Bertz CT molecular complexity index is 1470. The number of carbonyl (C=O) groups excluding carboxylic acids is 1. The first-order valence-electron chi connectivity index (χ1n) is 12.7. The smallest absolute Gasteiger partial charge is 0.416 e. The molecule has 40 heavy (non-hydrogen) atoms. The third-order valence-electron chi connectivity index (χ3n) is 6.72. The van der Waals surface area contributed by atoms with Crippen molar-refractivity contribution in [2.45, 2.75) is 18.7 Å². The molecule has 0 spiro atoms. The molecule has 3 N–H and O–H groups in total. The molecule has 0 saturated carbocycles. The molecular weight excluding hydrogens is 525 g/mol. The molecule has 3 heterocycles. The lowest BCUT2D eigenvalue weighted by Crippen LogP contribution is -2.49. The summed E-state index contributed by atoms with van der Waals surface area (Å²) in [6.07, 6.45) is -6.52. The van der Waals surface area contributed by atoms with Gasteiger partial charge in [-0.05, 0) is 24.3 Å². The molecule has 1 fully saturated rings. The fourth-order valence-electron chi connectivity index (χ4n) is 4.77. The summed E-state index contributed by atoms with van der Waals surface area (Å²) in [7, 11) is 0. The molecule has 3 aliphatic rings. The lowest BCUT2D eigenvalue weighted by atomic mass is 10.0. The zero-order valence-corrected chi connectivity index (χ0v) is 21.1. The second kappa shape index (κ2) is 10.6. The maximum atomic E-state index is 13.5. The topological polar surface area (TPSA) is 99.6 Å². The molecule has 6 rings (SSSR count). The Morgan fingerprint density at radius 3 is 2.48 bits per heavy atom. The fourth-order valence-corrected chi connectivity index (χ4v) is 4.77. The van der Waals surface area contributed by atoms with Gasteiger partial charge in [-0.25, -0.2) is 5.32 Å². The number of fused-ring (bicyclic) bond motifs is 1. The number of ether oxygens (including phenoxy) is 2. The van der Waals surface area contributed by atoms with Crippen molar-refractivity contribution >= 4 is 28.9 Å². The Kier molecular flexibility index (Phi) is 6.86. The van der Waals surface area contributed by atoms with Crippen LogP contribution in [0, 0.1) is 0 Å². The number of hydrogen-bond donors (Lipinski definition) is 3. The van der Waals surface area contributed by atoms with Gasteiger partial charge in [0.05, 0.1) is 41.4 Å². The highest BCUT2D eigenvalue weighted by Gasteiger charge is 2.35. The van der Waals surface area contributed by atoms with E-state index in [1.54, 1.807) is 6.07 Å². The quantitative estimate of drug-likeness (QED) is 0.450. The predicted molar refractivity (Wildman–Crippen MR) is 143 cm³/mol. The van der Waals surface area contributed by atoms with Gasteiger partial charge in [-0.3, -0.25) is 15.2 Å². The van der Waals surface area contributed by atoms with Crippen LogP contribution in [-0.2, 0) is 20.4 Å². The molecule has 3 aromatic carbocycles. The van der Waals surface area contributed by atoms with Gasteiger partial charge < -0.3 is 19.7 Å². The third-order valence-corrected chi connectivity index (χ3v) is 6.72. The number of benzodiazepines with no additional fused rings is 1. The first-order valence-corrected chi connectivity index (χ1v) is 12.7. The van der Waals surface area contributed by atoms with Crippen LogP contribution in [0.3, 0.4) is 0 Å². The standard InChI is InChI=1S/C28H25F3N6O3/c29-28(30,31)18-10-11-20(22(16-18)37-12-14-39-15-13-37)26-35-36-27(40-26)34-24-25(38)32-21-9-5-4-8-19(21)23(33-24)17-6-2-1-3-7-17/h1-11,16,24,27,34,36H,12-15H2,(H,32,38)/t24-,27?/m1/s1. The number of carbonyl (C=O) groups is 1. The molecule has 0 aliphatic carbocycles. The zero-order valence-electron chi connectivity index (χ0n) is 21.1. The highest BCUT2D eigenvalue weighted by atomic mass is 19.4. The Hall–Kier alpha value is -4.42. The minimum Gasteiger partial charge on any atom is -0.437 e. The van der Waals surface area contributed by atoms with E-state index in [1.807, 2.05) is 53.4 Å². The number of hydrogen-bond acceptors (Lipinski definition) is 8. The predicted octanol–water partition coefficient (Wildman–Crippen LogP) is 3.51. The summed E-state index contributed by atoms with van der Waals surface area (Å²) < 4.78 is 51.9. The summed E-state index contributed by atoms with van der Waals surface area (Å²) in [5.74, 6) is -0.307. The maximum Gasteiger partial charge on any atom is 0.416 e. The monoisotopic (exact) mass is 550 g/mol. The second-order valence-corrected chi connectivity index (χ2v) is 9.32. The van der Waals surface area contributed by atoms with Crippen molar-refractivity contribution in [2.24, 2.45) is 10.1 Å². The SMILES string of the molecule is O=C1Nc2ccccc2C(c2ccccc2)=N[C@@H]1NC1NN=C(c2ccc(C(F)(F)F)cc2N2CCOCC2)O1. The molecule has 3 aromatic rings. The fraction of sp³-hybridized carbons (Fsp3) is 0.250. The van der Waals surface area contributed by atoms with E-state index >= 15 is 0 Å². The summed E-state index contributed by atoms with van der Waals surface area (Å²) in [4.78, 5) is 19.7. The zero-order chi connectivity index (χ0) is 27.7. The van der Waals surface area contributed by atoms with Gasteiger partial charge in [-0.1, -0.05) is 48.5 Å². The lowest BCUT2D eigenvalue weighted by molar-refractivity contribution is -0.137. The average Bonchev–Trinajstić information content (AvgIpc) is 3.38. The van der Waals surface area contributed by atoms with Crippen molar-refractivity contribution in [2.75, 3.05) is 36.5 Å². The van der Waals surface area contributed by atoms with Crippen molar-refractivity contribution in [3.8, 4) is 0 Å². The molecule has 2 atom stereocenters. The van der Waals surface area contributed by atoms with Gasteiger partial charge >= 0.3 is 6.18 Å². The van der Waals surface area contributed by atoms with Crippen molar-refractivity contribution < 1.29 is 27.4 Å². The first-order chi connectivity index (χ1) is 19.4. The number of anilines is 2. The van der Waals surface area contributed by atoms with Crippen LogP contribution in [-0.4, -0.2) is 56.3 Å². The van der Waals surface area contributed by atoms with E-state index in [-0.39, 0.29) is 5.90 Å². The van der Waals surface area contributed by atoms with E-state index in [9.17, 15) is 18.0 Å². The van der Waals surface area contributed by atoms with Gasteiger partial charge in [-0.15, -0.1) is 5.10 Å². The van der Waals surface area contributed by atoms with E-state index in [0.717, 1.165) is 23.3 Å². The highest BCUT2D eigenvalue weighted by Crippen LogP contribution is 2.35. The van der Waals surface area contributed by atoms with Crippen LogP contribution < -0.4 is 21.0 Å². The van der Waals surface area contributed by atoms with Gasteiger partial charge in [0.1, 0.15) is 0 Å². The van der Waals surface area contributed by atoms with Crippen LogP contribution >= 0.6 is 0 Å². The largest absolute Gasteiger partial charge is 0.437 e. The van der Waals surface area contributed by atoms with Crippen LogP contribution in [0.4, 0.5) is 24.5 Å². The number of benzene rings is 3. The number of nitrogens with zero attached hydrogens (tertiary/aromatic N) is 3. The third kappa shape index (κ3) is 5.23. The molecule has 0 aromatic heterocycles. The van der Waals surface area contributed by atoms with Crippen LogP contribution in [0.2, 0.25) is 0 Å². The number of hydrazone groups is 1. The van der Waals surface area contributed by atoms with E-state index in [4.69, 9.17) is 14.5 Å². The number of rotatable bonds is 5. The molecule has 0 bridgehead atoms. The molecule has 1 unspecified atom stereocenters. The number of alkyl halides is 3. The number of para-hydroxylation sites is 1. The van der Waals surface area contributed by atoms with E-state index in [0.29, 0.717) is 49.0 Å². The molecule has 12 heteroatoms. The Morgan fingerprint density at radius 2 is 1.70 bits per heavy atom. The van der Waals surface area contributed by atoms with Gasteiger partial charge in [0.2, 0.25) is 12.2 Å². The Balaban J connectivity index is 1.26. The number of amides is 1. The summed E-state index contributed by atoms with van der Waals surface area (Å²) in [6, 6.07) is 20.3. The number of nitrogens with one attached hydrogen (secondary N) is 3. The number of halogens is 3. The van der Waals surface area contributed by atoms with E-state index in [1.165, 1.54) is 6.07 Å². The van der Waals surface area contributed by atoms with E-state index < -0.39 is 30.2 Å². The van der Waals surface area contributed by atoms with Gasteiger partial charge in [-0.2, -0.15) is 13.2 Å². The van der Waals surface area contributed by atoms with Crippen molar-refractivity contribution in [1.29, 1.82) is 0 Å². The number of morpholine rings is 1. The molecule has 3 aliphatic heterocycles. The van der Waals surface area contributed by atoms with Crippen LogP contribution in [0.5, 0.6) is 0 Å². The Morgan fingerprint density at radius 1 is 0.950 bits per heavy atom.